The Balaban J connectivity index is 4.70. The Morgan fingerprint density at radius 1 is 1.41 bits per heavy atom. The third-order valence-electron chi connectivity index (χ3n) is 1.97. The van der Waals surface area contributed by atoms with Crippen LogP contribution in [0.5, 0.6) is 0 Å². The Morgan fingerprint density at radius 2 is 2.00 bits per heavy atom. The van der Waals surface area contributed by atoms with E-state index in [1.165, 1.54) is 0 Å². The SMILES string of the molecule is C/C=C(\C)[C@H](O)O/C=C(\CC(=O)O)C(=O)OC. The number of hydrogen-bond acceptors (Lipinski definition) is 5. The fourth-order valence-corrected chi connectivity index (χ4v) is 0.852. The van der Waals surface area contributed by atoms with Crippen LogP contribution in [0, 0.1) is 0 Å². The molecule has 6 nitrogen and oxygen atoms in total. The van der Waals surface area contributed by atoms with Gasteiger partial charge in [0, 0.05) is 0 Å². The first-order valence-electron chi connectivity index (χ1n) is 4.87. The summed E-state index contributed by atoms with van der Waals surface area (Å²) in [6.07, 6.45) is 0.785. The van der Waals surface area contributed by atoms with Gasteiger partial charge in [0.25, 0.3) is 0 Å². The zero-order valence-corrected chi connectivity index (χ0v) is 9.97. The molecule has 0 heterocycles. The van der Waals surface area contributed by atoms with E-state index < -0.39 is 24.6 Å². The van der Waals surface area contributed by atoms with Crippen molar-refractivity contribution in [1.82, 2.24) is 0 Å². The van der Waals surface area contributed by atoms with Crippen molar-refractivity contribution in [1.29, 1.82) is 0 Å². The Hall–Kier alpha value is -1.82. The lowest BCUT2D eigenvalue weighted by atomic mass is 10.2. The molecule has 6 heteroatoms. The molecule has 96 valence electrons. The number of methoxy groups -OCH3 is 1. The summed E-state index contributed by atoms with van der Waals surface area (Å²) in [5.41, 5.74) is 0.365. The van der Waals surface area contributed by atoms with Gasteiger partial charge in [0.1, 0.15) is 0 Å². The molecule has 0 aromatic rings. The lowest BCUT2D eigenvalue weighted by Crippen LogP contribution is -2.14. The number of esters is 1. The molecule has 17 heavy (non-hydrogen) atoms. The van der Waals surface area contributed by atoms with E-state index in [0.717, 1.165) is 13.4 Å². The van der Waals surface area contributed by atoms with Crippen molar-refractivity contribution in [3.05, 3.63) is 23.5 Å². The molecule has 0 aromatic carbocycles. The van der Waals surface area contributed by atoms with Gasteiger partial charge in [-0.1, -0.05) is 6.08 Å². The molecule has 0 unspecified atom stereocenters. The van der Waals surface area contributed by atoms with Gasteiger partial charge in [-0.05, 0) is 19.4 Å². The number of hydrogen-bond donors (Lipinski definition) is 2. The number of rotatable bonds is 6. The van der Waals surface area contributed by atoms with Gasteiger partial charge in [0.2, 0.25) is 6.29 Å². The van der Waals surface area contributed by atoms with Crippen LogP contribution < -0.4 is 0 Å². The minimum atomic E-state index is -1.21. The number of aliphatic hydroxyl groups excluding tert-OH is 1. The summed E-state index contributed by atoms with van der Waals surface area (Å²) in [6, 6.07) is 0. The predicted octanol–water partition coefficient (Wildman–Crippen LogP) is 0.819. The minimum absolute atomic E-state index is 0.178. The van der Waals surface area contributed by atoms with Gasteiger partial charge in [0.05, 0.1) is 25.4 Å². The van der Waals surface area contributed by atoms with Crippen molar-refractivity contribution in [2.75, 3.05) is 7.11 Å². The summed E-state index contributed by atoms with van der Waals surface area (Å²) in [6.45, 7) is 3.34. The Kier molecular flexibility index (Phi) is 6.65. The highest BCUT2D eigenvalue weighted by atomic mass is 16.6. The summed E-state index contributed by atoms with van der Waals surface area (Å²) >= 11 is 0. The molecule has 0 spiro atoms. The van der Waals surface area contributed by atoms with Gasteiger partial charge in [-0.2, -0.15) is 0 Å². The number of carbonyl (C=O) groups excluding carboxylic acids is 1. The molecular formula is C11H16O6. The number of allylic oxidation sites excluding steroid dienone is 1. The van der Waals surface area contributed by atoms with Crippen molar-refractivity contribution in [2.24, 2.45) is 0 Å². The monoisotopic (exact) mass is 244 g/mol. The average Bonchev–Trinajstić information content (AvgIpc) is 2.31. The molecular weight excluding hydrogens is 228 g/mol. The van der Waals surface area contributed by atoms with E-state index in [1.807, 2.05) is 0 Å². The molecule has 2 N–H and O–H groups in total. The number of carboxylic acid groups (broad SMARTS) is 1. The summed E-state index contributed by atoms with van der Waals surface area (Å²) in [5.74, 6) is -2.00. The second-order valence-corrected chi connectivity index (χ2v) is 3.23. The third kappa shape index (κ3) is 5.72. The highest BCUT2D eigenvalue weighted by molar-refractivity contribution is 5.93. The van der Waals surface area contributed by atoms with Crippen molar-refractivity contribution < 1.29 is 29.3 Å². The number of aliphatic hydroxyl groups is 1. The van der Waals surface area contributed by atoms with Crippen LogP contribution in [0.2, 0.25) is 0 Å². The van der Waals surface area contributed by atoms with Crippen LogP contribution in [0.25, 0.3) is 0 Å². The topological polar surface area (TPSA) is 93.1 Å². The van der Waals surface area contributed by atoms with E-state index >= 15 is 0 Å². The number of aliphatic carboxylic acids is 1. The lowest BCUT2D eigenvalue weighted by Gasteiger charge is -2.11. The van der Waals surface area contributed by atoms with E-state index in [4.69, 9.17) is 9.84 Å². The maximum Gasteiger partial charge on any atom is 0.337 e. The van der Waals surface area contributed by atoms with Gasteiger partial charge in [-0.3, -0.25) is 4.79 Å². The predicted molar refractivity (Wildman–Crippen MR) is 58.9 cm³/mol. The van der Waals surface area contributed by atoms with Crippen molar-refractivity contribution in [3.63, 3.8) is 0 Å². The van der Waals surface area contributed by atoms with E-state index in [9.17, 15) is 14.7 Å². The fourth-order valence-electron chi connectivity index (χ4n) is 0.852. The largest absolute Gasteiger partial charge is 0.481 e. The zero-order chi connectivity index (χ0) is 13.4. The molecule has 0 rings (SSSR count). The van der Waals surface area contributed by atoms with Crippen molar-refractivity contribution in [2.45, 2.75) is 26.6 Å². The number of carboxylic acids is 1. The second kappa shape index (κ2) is 7.45. The smallest absolute Gasteiger partial charge is 0.337 e. The van der Waals surface area contributed by atoms with E-state index in [0.29, 0.717) is 5.57 Å². The van der Waals surface area contributed by atoms with E-state index in [2.05, 4.69) is 4.74 Å². The van der Waals surface area contributed by atoms with Gasteiger partial charge in [0.15, 0.2) is 0 Å². The molecule has 0 aliphatic heterocycles. The van der Waals surface area contributed by atoms with Crippen molar-refractivity contribution >= 4 is 11.9 Å². The quantitative estimate of drug-likeness (QED) is 0.236. The molecule has 0 fully saturated rings. The van der Waals surface area contributed by atoms with Crippen LogP contribution in [0.4, 0.5) is 0 Å². The highest BCUT2D eigenvalue weighted by Crippen LogP contribution is 2.08. The first-order chi connectivity index (χ1) is 7.92. The molecule has 0 aliphatic carbocycles. The molecule has 0 bridgehead atoms. The average molecular weight is 244 g/mol. The molecule has 1 atom stereocenters. The van der Waals surface area contributed by atoms with Crippen LogP contribution in [-0.2, 0) is 19.1 Å². The maximum atomic E-state index is 11.2. The summed E-state index contributed by atoms with van der Waals surface area (Å²) in [5, 5.41) is 18.0. The summed E-state index contributed by atoms with van der Waals surface area (Å²) < 4.78 is 9.23. The summed E-state index contributed by atoms with van der Waals surface area (Å²) in [4.78, 5) is 21.7. The maximum absolute atomic E-state index is 11.2. The van der Waals surface area contributed by atoms with Gasteiger partial charge in [-0.15, -0.1) is 0 Å². The number of carbonyl (C=O) groups is 2. The minimum Gasteiger partial charge on any atom is -0.481 e. The Morgan fingerprint density at radius 3 is 2.41 bits per heavy atom. The number of ether oxygens (including phenoxy) is 2. The molecule has 0 aromatic heterocycles. The van der Waals surface area contributed by atoms with E-state index in [-0.39, 0.29) is 5.57 Å². The van der Waals surface area contributed by atoms with Crippen LogP contribution in [0.15, 0.2) is 23.5 Å². The zero-order valence-electron chi connectivity index (χ0n) is 9.97. The first-order valence-corrected chi connectivity index (χ1v) is 4.87. The van der Waals surface area contributed by atoms with Crippen LogP contribution >= 0.6 is 0 Å². The third-order valence-corrected chi connectivity index (χ3v) is 1.97. The van der Waals surface area contributed by atoms with Gasteiger partial charge >= 0.3 is 11.9 Å². The Labute approximate surface area is 99.1 Å². The molecule has 0 aliphatic rings. The second-order valence-electron chi connectivity index (χ2n) is 3.23. The lowest BCUT2D eigenvalue weighted by molar-refractivity contribution is -0.141. The first kappa shape index (κ1) is 15.2. The highest BCUT2D eigenvalue weighted by Gasteiger charge is 2.15. The van der Waals surface area contributed by atoms with Gasteiger partial charge < -0.3 is 19.7 Å². The van der Waals surface area contributed by atoms with Crippen molar-refractivity contribution in [3.8, 4) is 0 Å². The molecule has 0 saturated carbocycles. The van der Waals surface area contributed by atoms with E-state index in [1.54, 1.807) is 19.9 Å². The summed E-state index contributed by atoms with van der Waals surface area (Å²) in [7, 11) is 1.13. The fraction of sp³-hybridized carbons (Fsp3) is 0.455. The molecule has 0 saturated heterocycles. The van der Waals surface area contributed by atoms with Crippen LogP contribution in [-0.4, -0.2) is 35.6 Å². The van der Waals surface area contributed by atoms with Crippen LogP contribution in [0.3, 0.4) is 0 Å². The molecule has 0 amide bonds. The van der Waals surface area contributed by atoms with Gasteiger partial charge in [-0.25, -0.2) is 4.79 Å². The normalized spacial score (nSPS) is 14.1. The van der Waals surface area contributed by atoms with Crippen LogP contribution in [0.1, 0.15) is 20.3 Å². The standard InChI is InChI=1S/C11H16O6/c1-4-7(2)10(14)17-6-8(5-9(12)13)11(15)16-3/h4,6,10,14H,5H2,1-3H3,(H,12,13)/b7-4+,8-6+/t10-/m1/s1. The molecule has 0 radical (unpaired) electrons. The Bertz CT molecular complexity index is 342.